The Morgan fingerprint density at radius 3 is 1.52 bits per heavy atom. The number of allylic oxidation sites excluding steroid dienone is 5. The SMILES string of the molecule is CCCCCC/C=C\C/C=C\CCCCCCCCCN(CCCCCCCC(=O)OC/C=C\CCCCCC)C(=O)SCCN(C)C. The molecule has 0 aliphatic heterocycles. The van der Waals surface area contributed by atoms with Gasteiger partial charge in [-0.1, -0.05) is 152 Å². The Morgan fingerprint density at radius 1 is 0.542 bits per heavy atom. The summed E-state index contributed by atoms with van der Waals surface area (Å²) in [5.41, 5.74) is 0. The molecule has 6 heteroatoms. The zero-order valence-electron chi connectivity index (χ0n) is 32.2. The van der Waals surface area contributed by atoms with E-state index in [1.54, 1.807) is 0 Å². The van der Waals surface area contributed by atoms with E-state index in [1.165, 1.54) is 114 Å². The number of ether oxygens (including phenoxy) is 1. The lowest BCUT2D eigenvalue weighted by atomic mass is 10.1. The monoisotopic (exact) mass is 691 g/mol. The lowest BCUT2D eigenvalue weighted by molar-refractivity contribution is -0.142. The molecule has 1 amide bonds. The maximum absolute atomic E-state index is 13.0. The molecule has 0 aromatic heterocycles. The number of nitrogens with zero attached hydrogens (tertiary/aromatic N) is 2. The summed E-state index contributed by atoms with van der Waals surface area (Å²) in [5.74, 6) is 0.759. The van der Waals surface area contributed by atoms with Gasteiger partial charge < -0.3 is 14.5 Å². The van der Waals surface area contributed by atoms with Crippen LogP contribution < -0.4 is 0 Å². The maximum atomic E-state index is 13.0. The number of carbonyl (C=O) groups excluding carboxylic acids is 2. The van der Waals surface area contributed by atoms with Crippen LogP contribution in [-0.2, 0) is 9.53 Å². The summed E-state index contributed by atoms with van der Waals surface area (Å²) in [6, 6.07) is 0. The average molecular weight is 691 g/mol. The van der Waals surface area contributed by atoms with E-state index in [1.807, 2.05) is 6.08 Å². The summed E-state index contributed by atoms with van der Waals surface area (Å²) in [6.45, 7) is 7.55. The number of esters is 1. The van der Waals surface area contributed by atoms with Crippen molar-refractivity contribution in [1.82, 2.24) is 9.80 Å². The number of rotatable bonds is 35. The predicted molar refractivity (Wildman–Crippen MR) is 213 cm³/mol. The van der Waals surface area contributed by atoms with Crippen molar-refractivity contribution in [2.24, 2.45) is 0 Å². The van der Waals surface area contributed by atoms with Gasteiger partial charge in [0.15, 0.2) is 0 Å². The van der Waals surface area contributed by atoms with Crippen LogP contribution in [0.4, 0.5) is 4.79 Å². The summed E-state index contributed by atoms with van der Waals surface area (Å²) in [4.78, 5) is 29.2. The van der Waals surface area contributed by atoms with Gasteiger partial charge in [0.2, 0.25) is 0 Å². The van der Waals surface area contributed by atoms with E-state index in [-0.39, 0.29) is 11.2 Å². The van der Waals surface area contributed by atoms with Crippen LogP contribution in [-0.4, -0.2) is 67.1 Å². The number of carbonyl (C=O) groups is 2. The summed E-state index contributed by atoms with van der Waals surface area (Å²) >= 11 is 1.47. The second kappa shape index (κ2) is 38.3. The van der Waals surface area contributed by atoms with Crippen LogP contribution in [0, 0.1) is 0 Å². The van der Waals surface area contributed by atoms with Gasteiger partial charge in [0.25, 0.3) is 5.24 Å². The van der Waals surface area contributed by atoms with Gasteiger partial charge in [-0.3, -0.25) is 9.59 Å². The molecule has 0 aliphatic carbocycles. The van der Waals surface area contributed by atoms with E-state index >= 15 is 0 Å². The Bertz CT molecular complexity index is 796. The van der Waals surface area contributed by atoms with Gasteiger partial charge in [0, 0.05) is 31.8 Å². The minimum absolute atomic E-state index is 0.0866. The fourth-order valence-corrected chi connectivity index (χ4v) is 6.53. The third kappa shape index (κ3) is 35.8. The third-order valence-corrected chi connectivity index (χ3v) is 9.58. The van der Waals surface area contributed by atoms with E-state index in [0.29, 0.717) is 13.0 Å². The molecule has 280 valence electrons. The highest BCUT2D eigenvalue weighted by Crippen LogP contribution is 2.15. The van der Waals surface area contributed by atoms with Crippen LogP contribution in [0.25, 0.3) is 0 Å². The molecule has 0 saturated carbocycles. The fourth-order valence-electron chi connectivity index (χ4n) is 5.54. The van der Waals surface area contributed by atoms with Gasteiger partial charge in [-0.15, -0.1) is 0 Å². The molecule has 0 heterocycles. The van der Waals surface area contributed by atoms with E-state index in [4.69, 9.17) is 4.74 Å². The first-order valence-electron chi connectivity index (χ1n) is 20.2. The first kappa shape index (κ1) is 46.5. The second-order valence-electron chi connectivity index (χ2n) is 13.7. The molecule has 0 bridgehead atoms. The summed E-state index contributed by atoms with van der Waals surface area (Å²) in [5, 5.41) is 0.241. The van der Waals surface area contributed by atoms with Crippen molar-refractivity contribution in [3.63, 3.8) is 0 Å². The lowest BCUT2D eigenvalue weighted by Gasteiger charge is -2.22. The van der Waals surface area contributed by atoms with Gasteiger partial charge in [-0.25, -0.2) is 0 Å². The first-order valence-corrected chi connectivity index (χ1v) is 21.2. The smallest absolute Gasteiger partial charge is 0.306 e. The number of amides is 1. The molecular formula is C42H78N2O3S. The van der Waals surface area contributed by atoms with Crippen molar-refractivity contribution in [1.29, 1.82) is 0 Å². The van der Waals surface area contributed by atoms with E-state index < -0.39 is 0 Å². The molecule has 5 nitrogen and oxygen atoms in total. The molecule has 0 unspecified atom stereocenters. The van der Waals surface area contributed by atoms with Crippen LogP contribution in [0.1, 0.15) is 174 Å². The molecule has 0 saturated heterocycles. The molecule has 0 fully saturated rings. The van der Waals surface area contributed by atoms with Crippen molar-refractivity contribution < 1.29 is 14.3 Å². The Hall–Kier alpha value is -1.53. The quantitative estimate of drug-likeness (QED) is 0.0376. The Labute approximate surface area is 303 Å². The molecule has 0 aromatic carbocycles. The predicted octanol–water partition coefficient (Wildman–Crippen LogP) is 12.7. The summed E-state index contributed by atoms with van der Waals surface area (Å²) in [7, 11) is 4.12. The highest BCUT2D eigenvalue weighted by Gasteiger charge is 2.13. The van der Waals surface area contributed by atoms with Crippen molar-refractivity contribution in [2.75, 3.05) is 46.1 Å². The Morgan fingerprint density at radius 2 is 1.00 bits per heavy atom. The largest absolute Gasteiger partial charge is 0.461 e. The number of hydrogen-bond donors (Lipinski definition) is 0. The molecule has 0 aromatic rings. The molecule has 0 aliphatic rings. The summed E-state index contributed by atoms with van der Waals surface area (Å²) < 4.78 is 5.33. The van der Waals surface area contributed by atoms with Crippen molar-refractivity contribution >= 4 is 23.0 Å². The number of thioether (sulfide) groups is 1. The normalized spacial score (nSPS) is 11.9. The molecule has 0 N–H and O–H groups in total. The van der Waals surface area contributed by atoms with Gasteiger partial charge >= 0.3 is 5.97 Å². The van der Waals surface area contributed by atoms with Crippen molar-refractivity contribution in [3.8, 4) is 0 Å². The second-order valence-corrected chi connectivity index (χ2v) is 14.8. The highest BCUT2D eigenvalue weighted by molar-refractivity contribution is 8.13. The van der Waals surface area contributed by atoms with Crippen molar-refractivity contribution in [3.05, 3.63) is 36.5 Å². The van der Waals surface area contributed by atoms with Gasteiger partial charge in [-0.05, 0) is 78.3 Å². The zero-order chi connectivity index (χ0) is 35.2. The summed E-state index contributed by atoms with van der Waals surface area (Å²) in [6.07, 6.45) is 43.0. The van der Waals surface area contributed by atoms with Gasteiger partial charge in [0.1, 0.15) is 6.61 Å². The van der Waals surface area contributed by atoms with Crippen LogP contribution in [0.15, 0.2) is 36.5 Å². The van der Waals surface area contributed by atoms with Gasteiger partial charge in [0.05, 0.1) is 0 Å². The minimum atomic E-state index is -0.0866. The highest BCUT2D eigenvalue weighted by atomic mass is 32.2. The number of hydrogen-bond acceptors (Lipinski definition) is 5. The Kier molecular flexibility index (Phi) is 37.1. The van der Waals surface area contributed by atoms with Crippen molar-refractivity contribution in [2.45, 2.75) is 174 Å². The fraction of sp³-hybridized carbons (Fsp3) is 0.810. The third-order valence-electron chi connectivity index (χ3n) is 8.69. The minimum Gasteiger partial charge on any atom is -0.461 e. The van der Waals surface area contributed by atoms with E-state index in [0.717, 1.165) is 76.8 Å². The Balaban J connectivity index is 3.99. The standard InChI is InChI=1S/C42H78N2O3S/c1-5-7-9-11-13-14-15-16-17-18-19-20-21-22-23-24-28-32-36-44(42(46)48-40-38-43(3)4)37-33-29-26-27-31-35-41(45)47-39-34-30-25-12-10-8-6-2/h14-15,17-18,30,34H,5-13,16,19-29,31-33,35-40H2,1-4H3/b15-14-,18-17-,34-30-. The first-order chi connectivity index (χ1) is 23.5. The molecule has 48 heavy (non-hydrogen) atoms. The zero-order valence-corrected chi connectivity index (χ0v) is 33.0. The topological polar surface area (TPSA) is 49.9 Å². The van der Waals surface area contributed by atoms with Gasteiger partial charge in [-0.2, -0.15) is 0 Å². The van der Waals surface area contributed by atoms with Crippen LogP contribution in [0.3, 0.4) is 0 Å². The molecule has 0 radical (unpaired) electrons. The molecular weight excluding hydrogens is 613 g/mol. The van der Waals surface area contributed by atoms with Crippen LogP contribution in [0.5, 0.6) is 0 Å². The molecule has 0 atom stereocenters. The molecule has 0 spiro atoms. The van der Waals surface area contributed by atoms with E-state index in [2.05, 4.69) is 68.1 Å². The number of unbranched alkanes of at least 4 members (excludes halogenated alkanes) is 19. The lowest BCUT2D eigenvalue weighted by Crippen LogP contribution is -2.30. The van der Waals surface area contributed by atoms with E-state index in [9.17, 15) is 9.59 Å². The maximum Gasteiger partial charge on any atom is 0.306 e. The van der Waals surface area contributed by atoms with Crippen LogP contribution >= 0.6 is 11.8 Å². The van der Waals surface area contributed by atoms with Crippen LogP contribution in [0.2, 0.25) is 0 Å². The average Bonchev–Trinajstić information content (AvgIpc) is 3.07. The molecule has 0 rings (SSSR count).